The summed E-state index contributed by atoms with van der Waals surface area (Å²) in [7, 11) is 0. The Labute approximate surface area is 141 Å². The standard InChI is InChI=1S/C18H23NO5/c1-13(20)14-2-4-16(5-3-14)24-12-17(21)19-8-6-15(7-9-19)18-22-10-11-23-18/h2-5,15,18H,6-12H2,1H3. The van der Waals surface area contributed by atoms with Crippen molar-refractivity contribution in [2.45, 2.75) is 26.1 Å². The van der Waals surface area contributed by atoms with Gasteiger partial charge in [0.15, 0.2) is 18.7 Å². The fraction of sp³-hybridized carbons (Fsp3) is 0.556. The van der Waals surface area contributed by atoms with Crippen LogP contribution in [0.25, 0.3) is 0 Å². The molecule has 2 aliphatic heterocycles. The maximum Gasteiger partial charge on any atom is 0.260 e. The Bertz CT molecular complexity index is 572. The monoisotopic (exact) mass is 333 g/mol. The number of likely N-dealkylation sites (tertiary alicyclic amines) is 1. The van der Waals surface area contributed by atoms with Gasteiger partial charge < -0.3 is 19.1 Å². The number of ether oxygens (including phenoxy) is 3. The zero-order chi connectivity index (χ0) is 16.9. The summed E-state index contributed by atoms with van der Waals surface area (Å²) in [5, 5.41) is 0. The molecule has 0 aliphatic carbocycles. The van der Waals surface area contributed by atoms with Crippen molar-refractivity contribution in [3.05, 3.63) is 29.8 Å². The molecule has 0 unspecified atom stereocenters. The molecule has 0 atom stereocenters. The number of ketones is 1. The number of hydrogen-bond acceptors (Lipinski definition) is 5. The van der Waals surface area contributed by atoms with Crippen molar-refractivity contribution in [2.24, 2.45) is 5.92 Å². The first-order valence-corrected chi connectivity index (χ1v) is 8.38. The maximum absolute atomic E-state index is 12.3. The first-order valence-electron chi connectivity index (χ1n) is 8.38. The third-order valence-corrected chi connectivity index (χ3v) is 4.55. The van der Waals surface area contributed by atoms with Crippen molar-refractivity contribution in [1.82, 2.24) is 4.90 Å². The van der Waals surface area contributed by atoms with E-state index in [1.54, 1.807) is 24.3 Å². The summed E-state index contributed by atoms with van der Waals surface area (Å²) in [6.45, 7) is 4.28. The molecule has 0 N–H and O–H groups in total. The van der Waals surface area contributed by atoms with Gasteiger partial charge in [-0.05, 0) is 44.0 Å². The summed E-state index contributed by atoms with van der Waals surface area (Å²) < 4.78 is 16.6. The lowest BCUT2D eigenvalue weighted by Crippen LogP contribution is -2.43. The van der Waals surface area contributed by atoms with Crippen LogP contribution in [0.4, 0.5) is 0 Å². The van der Waals surface area contributed by atoms with Gasteiger partial charge in [-0.1, -0.05) is 0 Å². The molecule has 1 aromatic carbocycles. The lowest BCUT2D eigenvalue weighted by molar-refractivity contribution is -0.138. The summed E-state index contributed by atoms with van der Waals surface area (Å²) in [5.41, 5.74) is 0.632. The van der Waals surface area contributed by atoms with Gasteiger partial charge in [0.1, 0.15) is 5.75 Å². The zero-order valence-corrected chi connectivity index (χ0v) is 13.9. The quantitative estimate of drug-likeness (QED) is 0.770. The van der Waals surface area contributed by atoms with E-state index in [0.717, 1.165) is 12.8 Å². The SMILES string of the molecule is CC(=O)c1ccc(OCC(=O)N2CCC(C3OCCO3)CC2)cc1. The lowest BCUT2D eigenvalue weighted by atomic mass is 9.96. The van der Waals surface area contributed by atoms with Crippen LogP contribution in [-0.2, 0) is 14.3 Å². The number of Topliss-reactive ketones (excluding diaryl/α,β-unsaturated/α-hetero) is 1. The summed E-state index contributed by atoms with van der Waals surface area (Å²) in [6, 6.07) is 6.83. The molecule has 130 valence electrons. The number of hydrogen-bond donors (Lipinski definition) is 0. The highest BCUT2D eigenvalue weighted by Crippen LogP contribution is 2.25. The molecule has 1 aromatic rings. The third kappa shape index (κ3) is 4.13. The highest BCUT2D eigenvalue weighted by Gasteiger charge is 2.31. The molecule has 0 spiro atoms. The number of carbonyl (C=O) groups excluding carboxylic acids is 2. The van der Waals surface area contributed by atoms with Gasteiger partial charge in [0.2, 0.25) is 0 Å². The van der Waals surface area contributed by atoms with Crippen LogP contribution in [0.1, 0.15) is 30.1 Å². The summed E-state index contributed by atoms with van der Waals surface area (Å²) >= 11 is 0. The molecule has 0 bridgehead atoms. The second kappa shape index (κ2) is 7.77. The first kappa shape index (κ1) is 16.9. The highest BCUT2D eigenvalue weighted by molar-refractivity contribution is 5.94. The Morgan fingerprint density at radius 2 is 1.75 bits per heavy atom. The van der Waals surface area contributed by atoms with Crippen LogP contribution in [0.15, 0.2) is 24.3 Å². The minimum Gasteiger partial charge on any atom is -0.484 e. The van der Waals surface area contributed by atoms with Gasteiger partial charge in [0.25, 0.3) is 5.91 Å². The van der Waals surface area contributed by atoms with Crippen molar-refractivity contribution in [3.63, 3.8) is 0 Å². The minimum absolute atomic E-state index is 0.00993. The van der Waals surface area contributed by atoms with Crippen LogP contribution in [0.5, 0.6) is 5.75 Å². The average molecular weight is 333 g/mol. The minimum atomic E-state index is -0.0988. The Balaban J connectivity index is 1.43. The molecule has 2 saturated heterocycles. The van der Waals surface area contributed by atoms with E-state index in [2.05, 4.69) is 0 Å². The van der Waals surface area contributed by atoms with E-state index >= 15 is 0 Å². The van der Waals surface area contributed by atoms with Crippen LogP contribution < -0.4 is 4.74 Å². The van der Waals surface area contributed by atoms with E-state index in [1.165, 1.54) is 6.92 Å². The van der Waals surface area contributed by atoms with Crippen LogP contribution in [0.3, 0.4) is 0 Å². The predicted octanol–water partition coefficient (Wildman–Crippen LogP) is 1.88. The zero-order valence-electron chi connectivity index (χ0n) is 13.9. The number of rotatable bonds is 5. The number of amides is 1. The molecule has 0 saturated carbocycles. The number of nitrogens with zero attached hydrogens (tertiary/aromatic N) is 1. The Morgan fingerprint density at radius 1 is 1.12 bits per heavy atom. The molecule has 2 fully saturated rings. The second-order valence-electron chi connectivity index (χ2n) is 6.20. The van der Waals surface area contributed by atoms with Gasteiger partial charge in [0, 0.05) is 24.6 Å². The molecule has 0 radical (unpaired) electrons. The number of carbonyl (C=O) groups is 2. The highest BCUT2D eigenvalue weighted by atomic mass is 16.7. The Kier molecular flexibility index (Phi) is 5.48. The number of benzene rings is 1. The van der Waals surface area contributed by atoms with E-state index in [4.69, 9.17) is 14.2 Å². The van der Waals surface area contributed by atoms with Crippen molar-refractivity contribution in [3.8, 4) is 5.75 Å². The van der Waals surface area contributed by atoms with Gasteiger partial charge in [-0.3, -0.25) is 9.59 Å². The van der Waals surface area contributed by atoms with Crippen molar-refractivity contribution < 1.29 is 23.8 Å². The summed E-state index contributed by atoms with van der Waals surface area (Å²) in [4.78, 5) is 25.3. The Hall–Kier alpha value is -1.92. The molecule has 6 heteroatoms. The fourth-order valence-electron chi connectivity index (χ4n) is 3.09. The van der Waals surface area contributed by atoms with E-state index in [-0.39, 0.29) is 24.6 Å². The van der Waals surface area contributed by atoms with Crippen LogP contribution in [0.2, 0.25) is 0 Å². The van der Waals surface area contributed by atoms with Crippen LogP contribution >= 0.6 is 0 Å². The van der Waals surface area contributed by atoms with Crippen molar-refractivity contribution in [1.29, 1.82) is 0 Å². The summed E-state index contributed by atoms with van der Waals surface area (Å²) in [5.74, 6) is 0.959. The first-order chi connectivity index (χ1) is 11.6. The van der Waals surface area contributed by atoms with E-state index in [1.807, 2.05) is 4.90 Å². The largest absolute Gasteiger partial charge is 0.484 e. The van der Waals surface area contributed by atoms with E-state index < -0.39 is 0 Å². The van der Waals surface area contributed by atoms with Gasteiger partial charge >= 0.3 is 0 Å². The smallest absolute Gasteiger partial charge is 0.260 e. The van der Waals surface area contributed by atoms with Gasteiger partial charge in [-0.2, -0.15) is 0 Å². The lowest BCUT2D eigenvalue weighted by Gasteiger charge is -2.33. The third-order valence-electron chi connectivity index (χ3n) is 4.55. The van der Waals surface area contributed by atoms with Crippen LogP contribution in [0, 0.1) is 5.92 Å². The normalized spacial score (nSPS) is 19.5. The fourth-order valence-corrected chi connectivity index (χ4v) is 3.09. The molecular weight excluding hydrogens is 310 g/mol. The molecule has 24 heavy (non-hydrogen) atoms. The van der Waals surface area contributed by atoms with E-state index in [0.29, 0.717) is 43.5 Å². The topological polar surface area (TPSA) is 65.1 Å². The van der Waals surface area contributed by atoms with E-state index in [9.17, 15) is 9.59 Å². The Morgan fingerprint density at radius 3 is 2.33 bits per heavy atom. The second-order valence-corrected chi connectivity index (χ2v) is 6.20. The molecular formula is C18H23NO5. The van der Waals surface area contributed by atoms with Crippen molar-refractivity contribution >= 4 is 11.7 Å². The average Bonchev–Trinajstić information content (AvgIpc) is 3.15. The maximum atomic E-state index is 12.3. The van der Waals surface area contributed by atoms with Gasteiger partial charge in [-0.25, -0.2) is 0 Å². The van der Waals surface area contributed by atoms with Gasteiger partial charge in [0.05, 0.1) is 13.2 Å². The van der Waals surface area contributed by atoms with Crippen LogP contribution in [-0.4, -0.2) is 55.8 Å². The van der Waals surface area contributed by atoms with Crippen molar-refractivity contribution in [2.75, 3.05) is 32.9 Å². The predicted molar refractivity (Wildman–Crippen MR) is 86.9 cm³/mol. The molecule has 3 rings (SSSR count). The summed E-state index contributed by atoms with van der Waals surface area (Å²) in [6.07, 6.45) is 1.69. The molecule has 0 aromatic heterocycles. The molecule has 1 amide bonds. The number of piperidine rings is 1. The molecule has 2 heterocycles. The molecule has 2 aliphatic rings. The molecule has 6 nitrogen and oxygen atoms in total. The van der Waals surface area contributed by atoms with Gasteiger partial charge in [-0.15, -0.1) is 0 Å².